The molecule has 0 aliphatic carbocycles. The van der Waals surface area contributed by atoms with Crippen LogP contribution in [0.25, 0.3) is 11.0 Å². The summed E-state index contributed by atoms with van der Waals surface area (Å²) in [4.78, 5) is 6.81. The maximum absolute atomic E-state index is 9.10. The summed E-state index contributed by atoms with van der Waals surface area (Å²) >= 11 is 0. The van der Waals surface area contributed by atoms with Crippen molar-refractivity contribution in [2.75, 3.05) is 26.8 Å². The summed E-state index contributed by atoms with van der Waals surface area (Å²) < 4.78 is 2.18. The Kier molecular flexibility index (Phi) is 5.73. The first-order valence-electron chi connectivity index (χ1n) is 7.58. The summed E-state index contributed by atoms with van der Waals surface area (Å²) in [5, 5.41) is 18.1. The van der Waals surface area contributed by atoms with E-state index in [1.165, 1.54) is 5.56 Å². The molecule has 0 fully saturated rings. The second kappa shape index (κ2) is 7.54. The van der Waals surface area contributed by atoms with Crippen molar-refractivity contribution in [2.45, 2.75) is 32.9 Å². The predicted molar refractivity (Wildman–Crippen MR) is 84.2 cm³/mol. The second-order valence-corrected chi connectivity index (χ2v) is 5.39. The molecule has 2 N–H and O–H groups in total. The average molecular weight is 291 g/mol. The Morgan fingerprint density at radius 3 is 2.71 bits per heavy atom. The lowest BCUT2D eigenvalue weighted by molar-refractivity contribution is 0.212. The van der Waals surface area contributed by atoms with Crippen LogP contribution in [0.4, 0.5) is 0 Å². The summed E-state index contributed by atoms with van der Waals surface area (Å²) in [5.41, 5.74) is 3.41. The van der Waals surface area contributed by atoms with Crippen molar-refractivity contribution in [1.82, 2.24) is 14.5 Å². The fraction of sp³-hybridized carbons (Fsp3) is 0.562. The normalized spacial score (nSPS) is 11.7. The van der Waals surface area contributed by atoms with E-state index in [4.69, 9.17) is 15.2 Å². The molecule has 0 unspecified atom stereocenters. The highest BCUT2D eigenvalue weighted by Crippen LogP contribution is 2.20. The van der Waals surface area contributed by atoms with Crippen LogP contribution >= 0.6 is 0 Å². The lowest BCUT2D eigenvalue weighted by Crippen LogP contribution is -2.23. The third kappa shape index (κ3) is 3.81. The minimum atomic E-state index is 0.146. The number of rotatable bonds is 8. The van der Waals surface area contributed by atoms with Crippen molar-refractivity contribution < 1.29 is 10.2 Å². The average Bonchev–Trinajstić information content (AvgIpc) is 2.81. The molecule has 2 rings (SSSR count). The molecule has 21 heavy (non-hydrogen) atoms. The van der Waals surface area contributed by atoms with E-state index >= 15 is 0 Å². The van der Waals surface area contributed by atoms with Crippen molar-refractivity contribution in [1.29, 1.82) is 0 Å². The molecule has 0 aliphatic heterocycles. The third-order valence-corrected chi connectivity index (χ3v) is 3.73. The Bertz CT molecular complexity index is 580. The molecule has 0 saturated carbocycles. The molecular formula is C16H25N3O2. The zero-order valence-electron chi connectivity index (χ0n) is 12.9. The number of imidazole rings is 1. The van der Waals surface area contributed by atoms with Gasteiger partial charge in [-0.15, -0.1) is 0 Å². The van der Waals surface area contributed by atoms with Gasteiger partial charge in [-0.25, -0.2) is 4.98 Å². The van der Waals surface area contributed by atoms with E-state index in [-0.39, 0.29) is 13.2 Å². The number of hydrogen-bond acceptors (Lipinski definition) is 4. The van der Waals surface area contributed by atoms with Crippen molar-refractivity contribution in [3.8, 4) is 0 Å². The van der Waals surface area contributed by atoms with Crippen LogP contribution < -0.4 is 0 Å². The molecule has 5 heteroatoms. The fourth-order valence-electron chi connectivity index (χ4n) is 2.54. The van der Waals surface area contributed by atoms with Gasteiger partial charge in [-0.1, -0.05) is 13.0 Å². The molecule has 0 radical (unpaired) electrons. The van der Waals surface area contributed by atoms with E-state index in [9.17, 15) is 0 Å². The third-order valence-electron chi connectivity index (χ3n) is 3.73. The molecule has 116 valence electrons. The topological polar surface area (TPSA) is 61.5 Å². The van der Waals surface area contributed by atoms with Crippen LogP contribution in [0.5, 0.6) is 0 Å². The van der Waals surface area contributed by atoms with Gasteiger partial charge in [0.05, 0.1) is 24.2 Å². The van der Waals surface area contributed by atoms with E-state index in [0.717, 1.165) is 36.2 Å². The molecule has 0 aliphatic rings. The zero-order valence-corrected chi connectivity index (χ0v) is 12.9. The van der Waals surface area contributed by atoms with Gasteiger partial charge in [0.1, 0.15) is 5.82 Å². The van der Waals surface area contributed by atoms with E-state index in [2.05, 4.69) is 34.6 Å². The largest absolute Gasteiger partial charge is 0.396 e. The Balaban J connectivity index is 2.36. The molecule has 1 heterocycles. The summed E-state index contributed by atoms with van der Waals surface area (Å²) in [6.45, 7) is 4.55. The van der Waals surface area contributed by atoms with Crippen LogP contribution in [0.1, 0.15) is 24.7 Å². The summed E-state index contributed by atoms with van der Waals surface area (Å²) in [7, 11) is 1.98. The highest BCUT2D eigenvalue weighted by atomic mass is 16.3. The Morgan fingerprint density at radius 2 is 2.05 bits per heavy atom. The number of likely N-dealkylation sites (N-methyl/N-ethyl adjacent to an activating group) is 1. The maximum atomic E-state index is 9.10. The Labute approximate surface area is 125 Å². The highest BCUT2D eigenvalue weighted by molar-refractivity contribution is 5.77. The number of hydrogen-bond donors (Lipinski definition) is 2. The number of aliphatic hydroxyl groups excluding tert-OH is 2. The first-order valence-corrected chi connectivity index (χ1v) is 7.58. The van der Waals surface area contributed by atoms with E-state index in [0.29, 0.717) is 13.1 Å². The Morgan fingerprint density at radius 1 is 1.24 bits per heavy atom. The van der Waals surface area contributed by atoms with Crippen LogP contribution in [0, 0.1) is 0 Å². The smallest absolute Gasteiger partial charge is 0.124 e. The van der Waals surface area contributed by atoms with Gasteiger partial charge < -0.3 is 14.8 Å². The number of aliphatic hydroxyl groups is 2. The van der Waals surface area contributed by atoms with Crippen molar-refractivity contribution in [3.63, 3.8) is 0 Å². The lowest BCUT2D eigenvalue weighted by Gasteiger charge is -2.16. The maximum Gasteiger partial charge on any atom is 0.124 e. The molecule has 0 atom stereocenters. The van der Waals surface area contributed by atoms with Gasteiger partial charge in [0.2, 0.25) is 0 Å². The highest BCUT2D eigenvalue weighted by Gasteiger charge is 2.12. The van der Waals surface area contributed by atoms with Gasteiger partial charge in [0.15, 0.2) is 0 Å². The van der Waals surface area contributed by atoms with E-state index < -0.39 is 0 Å². The molecule has 0 saturated heterocycles. The second-order valence-electron chi connectivity index (χ2n) is 5.39. The minimum Gasteiger partial charge on any atom is -0.396 e. The SMILES string of the molecule is CCc1ccc2c(c1)nc(CN(C)CCO)n2CCCO. The first-order chi connectivity index (χ1) is 10.2. The minimum absolute atomic E-state index is 0.146. The van der Waals surface area contributed by atoms with Crippen molar-refractivity contribution in [3.05, 3.63) is 29.6 Å². The molecule has 2 aromatic rings. The molecule has 0 amide bonds. The quantitative estimate of drug-likeness (QED) is 0.772. The van der Waals surface area contributed by atoms with Crippen molar-refractivity contribution >= 4 is 11.0 Å². The van der Waals surface area contributed by atoms with Gasteiger partial charge in [0.25, 0.3) is 0 Å². The van der Waals surface area contributed by atoms with Gasteiger partial charge >= 0.3 is 0 Å². The zero-order chi connectivity index (χ0) is 15.2. The Hall–Kier alpha value is -1.43. The number of aryl methyl sites for hydroxylation is 2. The van der Waals surface area contributed by atoms with E-state index in [1.807, 2.05) is 7.05 Å². The molecule has 1 aromatic carbocycles. The van der Waals surface area contributed by atoms with Crippen LogP contribution in [0.15, 0.2) is 18.2 Å². The van der Waals surface area contributed by atoms with Crippen LogP contribution in [-0.2, 0) is 19.5 Å². The summed E-state index contributed by atoms with van der Waals surface area (Å²) in [6, 6.07) is 6.40. The van der Waals surface area contributed by atoms with E-state index in [1.54, 1.807) is 0 Å². The van der Waals surface area contributed by atoms with Gasteiger partial charge in [-0.05, 0) is 37.6 Å². The molecule has 5 nitrogen and oxygen atoms in total. The predicted octanol–water partition coefficient (Wildman–Crippen LogP) is 1.41. The summed E-state index contributed by atoms with van der Waals surface area (Å²) in [5.74, 6) is 0.989. The van der Waals surface area contributed by atoms with Crippen LogP contribution in [-0.4, -0.2) is 51.5 Å². The number of fused-ring (bicyclic) bond motifs is 1. The van der Waals surface area contributed by atoms with Crippen LogP contribution in [0.3, 0.4) is 0 Å². The van der Waals surface area contributed by atoms with Gasteiger partial charge in [-0.3, -0.25) is 4.90 Å². The van der Waals surface area contributed by atoms with Crippen LogP contribution in [0.2, 0.25) is 0 Å². The van der Waals surface area contributed by atoms with Gasteiger partial charge in [-0.2, -0.15) is 0 Å². The molecule has 0 bridgehead atoms. The molecule has 1 aromatic heterocycles. The monoisotopic (exact) mass is 291 g/mol. The van der Waals surface area contributed by atoms with Crippen molar-refractivity contribution in [2.24, 2.45) is 0 Å². The number of benzene rings is 1. The summed E-state index contributed by atoms with van der Waals surface area (Å²) in [6.07, 6.45) is 1.72. The number of aromatic nitrogens is 2. The van der Waals surface area contributed by atoms with Gasteiger partial charge in [0, 0.05) is 19.7 Å². The first kappa shape index (κ1) is 15.9. The standard InChI is InChI=1S/C16H25N3O2/c1-3-13-5-6-15-14(11-13)17-16(12-18(2)8-10-21)19(15)7-4-9-20/h5-6,11,20-21H,3-4,7-10,12H2,1-2H3. The lowest BCUT2D eigenvalue weighted by atomic mass is 10.1. The molecule has 0 spiro atoms. The molecular weight excluding hydrogens is 266 g/mol. The fourth-order valence-corrected chi connectivity index (χ4v) is 2.54. The number of nitrogens with zero attached hydrogens (tertiary/aromatic N) is 3.